The van der Waals surface area contributed by atoms with Gasteiger partial charge in [0.2, 0.25) is 0 Å². The second kappa shape index (κ2) is 4.90. The average Bonchev–Trinajstić information content (AvgIpc) is 2.97. The van der Waals surface area contributed by atoms with E-state index in [2.05, 4.69) is 22.8 Å². The molecule has 1 aliphatic rings. The van der Waals surface area contributed by atoms with E-state index in [0.717, 1.165) is 35.3 Å². The molecule has 2 heterocycles. The van der Waals surface area contributed by atoms with Crippen LogP contribution in [0.1, 0.15) is 12.8 Å². The molecule has 1 aliphatic carbocycles. The number of fused-ring (bicyclic) bond motifs is 3. The molecular weight excluding hydrogens is 280 g/mol. The zero-order valence-electron chi connectivity index (χ0n) is 11.3. The lowest BCUT2D eigenvalue weighted by atomic mass is 10.1. The first-order valence-electron chi connectivity index (χ1n) is 6.94. The number of rotatable bonds is 2. The second-order valence-electron chi connectivity index (χ2n) is 5.10. The minimum absolute atomic E-state index is 0.325. The quantitative estimate of drug-likeness (QED) is 0.700. The molecule has 0 aliphatic heterocycles. The zero-order valence-corrected chi connectivity index (χ0v) is 12.2. The summed E-state index contributed by atoms with van der Waals surface area (Å²) in [6.45, 7) is 0. The minimum Gasteiger partial charge on any atom is -0.508 e. The van der Waals surface area contributed by atoms with Crippen molar-refractivity contribution in [3.8, 4) is 0 Å². The summed E-state index contributed by atoms with van der Waals surface area (Å²) >= 11 is 1.73. The number of anilines is 1. The first kappa shape index (κ1) is 12.4. The Bertz CT molecular complexity index is 892. The van der Waals surface area contributed by atoms with Crippen molar-refractivity contribution >= 4 is 38.1 Å². The first-order chi connectivity index (χ1) is 10.3. The van der Waals surface area contributed by atoms with Gasteiger partial charge in [-0.2, -0.15) is 0 Å². The van der Waals surface area contributed by atoms with Crippen molar-refractivity contribution in [2.24, 2.45) is 0 Å². The van der Waals surface area contributed by atoms with E-state index in [1.165, 1.54) is 10.1 Å². The highest BCUT2D eigenvalue weighted by molar-refractivity contribution is 7.18. The third kappa shape index (κ3) is 2.17. The molecular formula is C17H14N2OS. The summed E-state index contributed by atoms with van der Waals surface area (Å²) in [5.74, 6) is 1.19. The second-order valence-corrected chi connectivity index (χ2v) is 6.02. The van der Waals surface area contributed by atoms with E-state index >= 15 is 0 Å². The van der Waals surface area contributed by atoms with Crippen LogP contribution in [0.2, 0.25) is 0 Å². The number of nitrogens with zero attached hydrogens (tertiary/aromatic N) is 1. The maximum Gasteiger partial charge on any atom is 0.139 e. The number of nitrogens with one attached hydrogen (secondary N) is 1. The molecule has 0 saturated carbocycles. The van der Waals surface area contributed by atoms with E-state index in [9.17, 15) is 5.11 Å². The zero-order chi connectivity index (χ0) is 14.2. The van der Waals surface area contributed by atoms with Crippen molar-refractivity contribution in [2.45, 2.75) is 12.8 Å². The molecule has 0 radical (unpaired) electrons. The smallest absolute Gasteiger partial charge is 0.139 e. The summed E-state index contributed by atoms with van der Waals surface area (Å²) in [7, 11) is 0. The lowest BCUT2D eigenvalue weighted by Crippen LogP contribution is -2.05. The number of pyridine rings is 1. The van der Waals surface area contributed by atoms with Crippen molar-refractivity contribution in [2.75, 3.05) is 5.32 Å². The Hall–Kier alpha value is -2.33. The molecule has 0 bridgehead atoms. The van der Waals surface area contributed by atoms with Crippen LogP contribution in [0.5, 0.6) is 0 Å². The van der Waals surface area contributed by atoms with Gasteiger partial charge in [0.25, 0.3) is 0 Å². The van der Waals surface area contributed by atoms with Gasteiger partial charge in [-0.05, 0) is 42.5 Å². The molecule has 4 rings (SSSR count). The lowest BCUT2D eigenvalue weighted by molar-refractivity contribution is 0.425. The molecule has 2 aromatic heterocycles. The number of hydrogen-bond acceptors (Lipinski definition) is 4. The topological polar surface area (TPSA) is 45.1 Å². The SMILES string of the molecule is OC1=CCCC(Nc2nc3ccccc3c3sccc23)=C1. The van der Waals surface area contributed by atoms with E-state index in [0.29, 0.717) is 5.76 Å². The molecule has 2 N–H and O–H groups in total. The molecule has 0 saturated heterocycles. The number of thiophene rings is 1. The largest absolute Gasteiger partial charge is 0.508 e. The molecule has 104 valence electrons. The van der Waals surface area contributed by atoms with Gasteiger partial charge in [-0.1, -0.05) is 18.2 Å². The number of para-hydroxylation sites is 1. The predicted molar refractivity (Wildman–Crippen MR) is 88.8 cm³/mol. The molecule has 0 amide bonds. The highest BCUT2D eigenvalue weighted by Gasteiger charge is 2.11. The Morgan fingerprint density at radius 1 is 1.14 bits per heavy atom. The molecule has 3 nitrogen and oxygen atoms in total. The highest BCUT2D eigenvalue weighted by Crippen LogP contribution is 2.34. The number of hydrogen-bond donors (Lipinski definition) is 2. The number of aliphatic hydroxyl groups excluding tert-OH is 1. The van der Waals surface area contributed by atoms with Crippen molar-refractivity contribution in [1.29, 1.82) is 0 Å². The van der Waals surface area contributed by atoms with Gasteiger partial charge in [-0.3, -0.25) is 0 Å². The van der Waals surface area contributed by atoms with E-state index in [-0.39, 0.29) is 0 Å². The van der Waals surface area contributed by atoms with Crippen LogP contribution in [-0.2, 0) is 0 Å². The van der Waals surface area contributed by atoms with Crippen LogP contribution in [0.15, 0.2) is 59.3 Å². The summed E-state index contributed by atoms with van der Waals surface area (Å²) in [5.41, 5.74) is 2.00. The molecule has 0 fully saturated rings. The Balaban J connectivity index is 1.87. The summed E-state index contributed by atoms with van der Waals surface area (Å²) in [6.07, 6.45) is 5.35. The lowest BCUT2D eigenvalue weighted by Gasteiger charge is -2.14. The number of benzene rings is 1. The van der Waals surface area contributed by atoms with Gasteiger partial charge >= 0.3 is 0 Å². The third-order valence-electron chi connectivity index (χ3n) is 3.67. The minimum atomic E-state index is 0.325. The Morgan fingerprint density at radius 2 is 2.05 bits per heavy atom. The highest BCUT2D eigenvalue weighted by atomic mass is 32.1. The van der Waals surface area contributed by atoms with Gasteiger partial charge in [0.1, 0.15) is 11.6 Å². The molecule has 0 unspecified atom stereocenters. The monoisotopic (exact) mass is 294 g/mol. The fraction of sp³-hybridized carbons (Fsp3) is 0.118. The molecule has 21 heavy (non-hydrogen) atoms. The predicted octanol–water partition coefficient (Wildman–Crippen LogP) is 4.98. The van der Waals surface area contributed by atoms with Gasteiger partial charge < -0.3 is 10.4 Å². The third-order valence-corrected chi connectivity index (χ3v) is 4.62. The Labute approximate surface area is 126 Å². The van der Waals surface area contributed by atoms with Gasteiger partial charge in [0.05, 0.1) is 5.52 Å². The van der Waals surface area contributed by atoms with E-state index in [4.69, 9.17) is 4.98 Å². The van der Waals surface area contributed by atoms with Crippen molar-refractivity contribution in [1.82, 2.24) is 4.98 Å². The van der Waals surface area contributed by atoms with Crippen LogP contribution >= 0.6 is 11.3 Å². The van der Waals surface area contributed by atoms with Crippen LogP contribution in [-0.4, -0.2) is 10.1 Å². The van der Waals surface area contributed by atoms with Crippen molar-refractivity contribution in [3.05, 3.63) is 59.3 Å². The molecule has 4 heteroatoms. The van der Waals surface area contributed by atoms with E-state index in [1.807, 2.05) is 24.3 Å². The Morgan fingerprint density at radius 3 is 2.95 bits per heavy atom. The molecule has 0 spiro atoms. The normalized spacial score (nSPS) is 15.0. The van der Waals surface area contributed by atoms with Gasteiger partial charge in [-0.15, -0.1) is 11.3 Å². The molecule has 0 atom stereocenters. The van der Waals surface area contributed by atoms with Gasteiger partial charge in [-0.25, -0.2) is 4.98 Å². The molecule has 3 aromatic rings. The van der Waals surface area contributed by atoms with Crippen molar-refractivity contribution in [3.63, 3.8) is 0 Å². The van der Waals surface area contributed by atoms with E-state index in [1.54, 1.807) is 17.4 Å². The van der Waals surface area contributed by atoms with Crippen LogP contribution in [0.4, 0.5) is 5.82 Å². The number of allylic oxidation sites excluding steroid dienone is 3. The summed E-state index contributed by atoms with van der Waals surface area (Å²) < 4.78 is 1.25. The maximum absolute atomic E-state index is 9.63. The fourth-order valence-electron chi connectivity index (χ4n) is 2.68. The van der Waals surface area contributed by atoms with E-state index < -0.39 is 0 Å². The van der Waals surface area contributed by atoms with Crippen molar-refractivity contribution < 1.29 is 5.11 Å². The van der Waals surface area contributed by atoms with Gasteiger partial charge in [0, 0.05) is 21.2 Å². The van der Waals surface area contributed by atoms with Gasteiger partial charge in [0.15, 0.2) is 0 Å². The molecule has 1 aromatic carbocycles. The average molecular weight is 294 g/mol. The van der Waals surface area contributed by atoms with Crippen LogP contribution in [0, 0.1) is 0 Å². The maximum atomic E-state index is 9.63. The van der Waals surface area contributed by atoms with Crippen LogP contribution in [0.3, 0.4) is 0 Å². The fourth-order valence-corrected chi connectivity index (χ4v) is 3.61. The number of aromatic nitrogens is 1. The first-order valence-corrected chi connectivity index (χ1v) is 7.82. The Kier molecular flexibility index (Phi) is 2.89. The van der Waals surface area contributed by atoms with Crippen LogP contribution < -0.4 is 5.32 Å². The summed E-state index contributed by atoms with van der Waals surface area (Å²) in [4.78, 5) is 4.75. The number of aliphatic hydroxyl groups is 1. The summed E-state index contributed by atoms with van der Waals surface area (Å²) in [6, 6.07) is 10.3. The standard InChI is InChI=1S/C17H14N2OS/c20-12-5-3-4-11(10-12)18-17-14-8-9-21-16(14)13-6-1-2-7-15(13)19-17/h1-2,5-10,20H,3-4H2,(H,18,19). The van der Waals surface area contributed by atoms with Crippen LogP contribution in [0.25, 0.3) is 21.0 Å². The summed E-state index contributed by atoms with van der Waals surface area (Å²) in [5, 5.41) is 17.4.